The molecule has 6 nitrogen and oxygen atoms in total. The number of thioether (sulfide) groups is 1. The van der Waals surface area contributed by atoms with Crippen molar-refractivity contribution in [1.29, 1.82) is 0 Å². The van der Waals surface area contributed by atoms with Crippen molar-refractivity contribution < 1.29 is 14.4 Å². The summed E-state index contributed by atoms with van der Waals surface area (Å²) in [5, 5.41) is 0.664. The lowest BCUT2D eigenvalue weighted by Gasteiger charge is -2.18. The van der Waals surface area contributed by atoms with Gasteiger partial charge < -0.3 is 9.47 Å². The van der Waals surface area contributed by atoms with E-state index in [0.717, 1.165) is 52.5 Å². The number of carbonyl (C=O) groups is 3. The van der Waals surface area contributed by atoms with Gasteiger partial charge in [0.05, 0.1) is 4.91 Å². The van der Waals surface area contributed by atoms with Crippen LogP contribution in [0.25, 0.3) is 17.0 Å². The van der Waals surface area contributed by atoms with Gasteiger partial charge in [0.1, 0.15) is 6.54 Å². The number of para-hydroxylation sites is 1. The van der Waals surface area contributed by atoms with E-state index in [-0.39, 0.29) is 23.6 Å². The summed E-state index contributed by atoms with van der Waals surface area (Å²) < 4.78 is 2.11. The maximum absolute atomic E-state index is 12.7. The van der Waals surface area contributed by atoms with Crippen LogP contribution in [0.15, 0.2) is 35.4 Å². The molecule has 2 fully saturated rings. The molecule has 0 saturated carbocycles. The van der Waals surface area contributed by atoms with E-state index in [9.17, 15) is 14.4 Å². The summed E-state index contributed by atoms with van der Waals surface area (Å²) in [6.07, 6.45) is 5.72. The SMILES string of the molecule is CCn1cc(/C=C2\SC(=O)N(CC(=O)N3CCCC3)C2=O)c2ccccc21. The molecule has 27 heavy (non-hydrogen) atoms. The molecule has 2 aliphatic heterocycles. The molecule has 3 heterocycles. The lowest BCUT2D eigenvalue weighted by Crippen LogP contribution is -2.40. The fourth-order valence-electron chi connectivity index (χ4n) is 3.63. The first-order valence-corrected chi connectivity index (χ1v) is 10.0. The maximum Gasteiger partial charge on any atom is 0.294 e. The normalized spacial score (nSPS) is 19.1. The molecule has 140 valence electrons. The van der Waals surface area contributed by atoms with Crippen molar-refractivity contribution in [1.82, 2.24) is 14.4 Å². The number of rotatable bonds is 4. The Morgan fingerprint density at radius 3 is 2.67 bits per heavy atom. The quantitative estimate of drug-likeness (QED) is 0.760. The molecule has 0 atom stereocenters. The molecular formula is C20H21N3O3S. The van der Waals surface area contributed by atoms with Gasteiger partial charge in [-0.25, -0.2) is 0 Å². The molecule has 1 aromatic carbocycles. The first-order valence-electron chi connectivity index (χ1n) is 9.19. The van der Waals surface area contributed by atoms with Crippen LogP contribution in [0, 0.1) is 0 Å². The van der Waals surface area contributed by atoms with E-state index >= 15 is 0 Å². The van der Waals surface area contributed by atoms with E-state index in [2.05, 4.69) is 11.5 Å². The minimum absolute atomic E-state index is 0.154. The average molecular weight is 383 g/mol. The Bertz CT molecular complexity index is 957. The molecule has 0 spiro atoms. The Hall–Kier alpha value is -2.54. The van der Waals surface area contributed by atoms with Gasteiger partial charge in [-0.05, 0) is 43.7 Å². The third-order valence-corrected chi connectivity index (χ3v) is 5.98. The third kappa shape index (κ3) is 3.27. The highest BCUT2D eigenvalue weighted by Crippen LogP contribution is 2.34. The van der Waals surface area contributed by atoms with Crippen molar-refractivity contribution >= 4 is 45.8 Å². The Morgan fingerprint density at radius 2 is 1.93 bits per heavy atom. The van der Waals surface area contributed by atoms with Gasteiger partial charge in [0.15, 0.2) is 0 Å². The van der Waals surface area contributed by atoms with Crippen molar-refractivity contribution in [3.63, 3.8) is 0 Å². The van der Waals surface area contributed by atoms with Crippen LogP contribution in [-0.4, -0.2) is 51.1 Å². The topological polar surface area (TPSA) is 62.6 Å². The van der Waals surface area contributed by atoms with Crippen LogP contribution >= 0.6 is 11.8 Å². The van der Waals surface area contributed by atoms with E-state index < -0.39 is 0 Å². The van der Waals surface area contributed by atoms with E-state index in [1.807, 2.05) is 30.5 Å². The van der Waals surface area contributed by atoms with Gasteiger partial charge in [-0.15, -0.1) is 0 Å². The number of amides is 3. The molecule has 1 aromatic heterocycles. The zero-order valence-corrected chi connectivity index (χ0v) is 16.0. The van der Waals surface area contributed by atoms with Gasteiger partial charge in [0.2, 0.25) is 5.91 Å². The summed E-state index contributed by atoms with van der Waals surface area (Å²) in [7, 11) is 0. The Morgan fingerprint density at radius 1 is 1.19 bits per heavy atom. The number of aromatic nitrogens is 1. The minimum atomic E-state index is -0.383. The Kier molecular flexibility index (Phi) is 4.78. The summed E-state index contributed by atoms with van der Waals surface area (Å²) in [5.74, 6) is -0.537. The minimum Gasteiger partial charge on any atom is -0.347 e. The fourth-order valence-corrected chi connectivity index (χ4v) is 4.46. The molecule has 2 aliphatic rings. The average Bonchev–Trinajstić information content (AvgIpc) is 3.38. The zero-order valence-electron chi connectivity index (χ0n) is 15.2. The molecular weight excluding hydrogens is 362 g/mol. The van der Waals surface area contributed by atoms with Crippen molar-refractivity contribution in [2.75, 3.05) is 19.6 Å². The van der Waals surface area contributed by atoms with E-state index in [1.165, 1.54) is 0 Å². The number of hydrogen-bond acceptors (Lipinski definition) is 4. The summed E-state index contributed by atoms with van der Waals surface area (Å²) in [4.78, 5) is 40.5. The molecule has 0 bridgehead atoms. The van der Waals surface area contributed by atoms with Crippen LogP contribution in [0.2, 0.25) is 0 Å². The molecule has 3 amide bonds. The van der Waals surface area contributed by atoms with E-state index in [1.54, 1.807) is 11.0 Å². The molecule has 0 aliphatic carbocycles. The molecule has 2 saturated heterocycles. The second-order valence-electron chi connectivity index (χ2n) is 6.74. The highest BCUT2D eigenvalue weighted by molar-refractivity contribution is 8.18. The van der Waals surface area contributed by atoms with Gasteiger partial charge >= 0.3 is 0 Å². The van der Waals surface area contributed by atoms with Gasteiger partial charge in [0, 0.05) is 42.3 Å². The number of aryl methyl sites for hydroxylation is 1. The molecule has 0 unspecified atom stereocenters. The van der Waals surface area contributed by atoms with Gasteiger partial charge in [-0.3, -0.25) is 19.3 Å². The summed E-state index contributed by atoms with van der Waals surface area (Å²) in [6, 6.07) is 7.99. The lowest BCUT2D eigenvalue weighted by atomic mass is 10.1. The highest BCUT2D eigenvalue weighted by Gasteiger charge is 2.37. The van der Waals surface area contributed by atoms with Crippen LogP contribution in [0.5, 0.6) is 0 Å². The van der Waals surface area contributed by atoms with Crippen molar-refractivity contribution in [3.8, 4) is 0 Å². The Balaban J connectivity index is 1.59. The van der Waals surface area contributed by atoms with Crippen LogP contribution < -0.4 is 0 Å². The summed E-state index contributed by atoms with van der Waals surface area (Å²) in [5.41, 5.74) is 2.00. The standard InChI is InChI=1S/C20H21N3O3S/c1-2-21-12-14(15-7-3-4-8-16(15)21)11-17-19(25)23(20(26)27-17)13-18(24)22-9-5-6-10-22/h3-4,7-8,11-12H,2,5-6,9-10,13H2,1H3/b17-11-. The highest BCUT2D eigenvalue weighted by atomic mass is 32.2. The van der Waals surface area contributed by atoms with E-state index in [0.29, 0.717) is 18.0 Å². The summed E-state index contributed by atoms with van der Waals surface area (Å²) in [6.45, 7) is 4.13. The largest absolute Gasteiger partial charge is 0.347 e. The van der Waals surface area contributed by atoms with Crippen LogP contribution in [-0.2, 0) is 16.1 Å². The molecule has 0 radical (unpaired) electrons. The van der Waals surface area contributed by atoms with E-state index in [4.69, 9.17) is 0 Å². The number of carbonyl (C=O) groups excluding carboxylic acids is 3. The van der Waals surface area contributed by atoms with Gasteiger partial charge in [-0.2, -0.15) is 0 Å². The smallest absolute Gasteiger partial charge is 0.294 e. The van der Waals surface area contributed by atoms with Gasteiger partial charge in [0.25, 0.3) is 11.1 Å². The van der Waals surface area contributed by atoms with Crippen LogP contribution in [0.1, 0.15) is 25.3 Å². The maximum atomic E-state index is 12.7. The fraction of sp³-hybridized carbons (Fsp3) is 0.350. The summed E-state index contributed by atoms with van der Waals surface area (Å²) >= 11 is 0.905. The van der Waals surface area contributed by atoms with Crippen molar-refractivity contribution in [3.05, 3.63) is 40.9 Å². The zero-order chi connectivity index (χ0) is 19.0. The van der Waals surface area contributed by atoms with Crippen molar-refractivity contribution in [2.24, 2.45) is 0 Å². The van der Waals surface area contributed by atoms with Crippen LogP contribution in [0.4, 0.5) is 4.79 Å². The molecule has 4 rings (SSSR count). The first-order chi connectivity index (χ1) is 13.1. The number of likely N-dealkylation sites (tertiary alicyclic amines) is 1. The first kappa shape index (κ1) is 17.9. The van der Waals surface area contributed by atoms with Crippen LogP contribution in [0.3, 0.4) is 0 Å². The number of nitrogens with zero attached hydrogens (tertiary/aromatic N) is 3. The van der Waals surface area contributed by atoms with Crippen molar-refractivity contribution in [2.45, 2.75) is 26.3 Å². The second kappa shape index (κ2) is 7.23. The third-order valence-electron chi connectivity index (χ3n) is 5.07. The number of hydrogen-bond donors (Lipinski definition) is 0. The lowest BCUT2D eigenvalue weighted by molar-refractivity contribution is -0.135. The molecule has 2 aromatic rings. The van der Waals surface area contributed by atoms with Gasteiger partial charge in [-0.1, -0.05) is 18.2 Å². The molecule has 7 heteroatoms. The second-order valence-corrected chi connectivity index (χ2v) is 7.74. The monoisotopic (exact) mass is 383 g/mol. The predicted molar refractivity (Wildman–Crippen MR) is 106 cm³/mol. The Labute approximate surface area is 161 Å². The predicted octanol–water partition coefficient (Wildman–Crippen LogP) is 3.32. The molecule has 0 N–H and O–H groups in total. The number of fused-ring (bicyclic) bond motifs is 1. The number of imide groups is 1. The number of benzene rings is 1.